The van der Waals surface area contributed by atoms with Crippen LogP contribution in [0.4, 0.5) is 5.69 Å². The molecule has 0 spiro atoms. The lowest BCUT2D eigenvalue weighted by Gasteiger charge is -2.06. The third-order valence-electron chi connectivity index (χ3n) is 1.88. The van der Waals surface area contributed by atoms with Crippen molar-refractivity contribution in [3.05, 3.63) is 18.2 Å². The normalized spacial score (nSPS) is 11.2. The van der Waals surface area contributed by atoms with E-state index in [-0.39, 0.29) is 22.3 Å². The summed E-state index contributed by atoms with van der Waals surface area (Å²) in [4.78, 5) is 11.5. The van der Waals surface area contributed by atoms with E-state index in [1.807, 2.05) is 0 Å². The Morgan fingerprint density at radius 3 is 2.59 bits per heavy atom. The van der Waals surface area contributed by atoms with Crippen LogP contribution in [0.2, 0.25) is 0 Å². The molecule has 4 N–H and O–H groups in total. The van der Waals surface area contributed by atoms with E-state index in [2.05, 4.69) is 4.74 Å². The summed E-state index contributed by atoms with van der Waals surface area (Å²) < 4.78 is 26.6. The van der Waals surface area contributed by atoms with Crippen LogP contribution in [0.5, 0.6) is 0 Å². The summed E-state index contributed by atoms with van der Waals surface area (Å²) >= 11 is 1.16. The van der Waals surface area contributed by atoms with Gasteiger partial charge in [-0.1, -0.05) is 0 Å². The topological polar surface area (TPSA) is 112 Å². The molecule has 0 saturated carbocycles. The number of esters is 1. The average molecular weight is 276 g/mol. The number of benzene rings is 1. The minimum atomic E-state index is -3.76. The van der Waals surface area contributed by atoms with Crippen LogP contribution in [0.3, 0.4) is 0 Å². The maximum Gasteiger partial charge on any atom is 0.315 e. The van der Waals surface area contributed by atoms with Gasteiger partial charge in [-0.25, -0.2) is 13.6 Å². The van der Waals surface area contributed by atoms with Crippen LogP contribution < -0.4 is 10.9 Å². The SMILES string of the molecule is COC(=O)CSc1ccc(S(N)(=O)=O)cc1N. The van der Waals surface area contributed by atoms with Crippen molar-refractivity contribution in [3.8, 4) is 0 Å². The van der Waals surface area contributed by atoms with Gasteiger partial charge < -0.3 is 10.5 Å². The van der Waals surface area contributed by atoms with Crippen LogP contribution in [0, 0.1) is 0 Å². The Hall–Kier alpha value is -1.25. The molecule has 1 aromatic carbocycles. The van der Waals surface area contributed by atoms with Gasteiger partial charge in [-0.2, -0.15) is 0 Å². The first-order chi connectivity index (χ1) is 7.84. The van der Waals surface area contributed by atoms with E-state index in [1.54, 1.807) is 0 Å². The largest absolute Gasteiger partial charge is 0.468 e. The smallest absolute Gasteiger partial charge is 0.315 e. The Kier molecular flexibility index (Phi) is 4.38. The van der Waals surface area contributed by atoms with Gasteiger partial charge in [0.15, 0.2) is 0 Å². The molecule has 17 heavy (non-hydrogen) atoms. The van der Waals surface area contributed by atoms with Crippen LogP contribution in [-0.2, 0) is 19.6 Å². The van der Waals surface area contributed by atoms with E-state index < -0.39 is 10.0 Å². The lowest BCUT2D eigenvalue weighted by Crippen LogP contribution is -2.12. The number of nitrogen functional groups attached to an aromatic ring is 1. The number of hydrogen-bond acceptors (Lipinski definition) is 6. The number of nitrogens with two attached hydrogens (primary N) is 2. The highest BCUT2D eigenvalue weighted by molar-refractivity contribution is 8.00. The Morgan fingerprint density at radius 1 is 1.47 bits per heavy atom. The van der Waals surface area contributed by atoms with Crippen molar-refractivity contribution < 1.29 is 17.9 Å². The molecule has 94 valence electrons. The third kappa shape index (κ3) is 3.91. The number of primary sulfonamides is 1. The molecule has 8 heteroatoms. The van der Waals surface area contributed by atoms with E-state index in [0.717, 1.165) is 11.8 Å². The molecule has 0 atom stereocenters. The molecule has 1 rings (SSSR count). The second kappa shape index (κ2) is 5.39. The van der Waals surface area contributed by atoms with Crippen molar-refractivity contribution in [2.75, 3.05) is 18.6 Å². The number of hydrogen-bond donors (Lipinski definition) is 2. The molecule has 0 radical (unpaired) electrons. The summed E-state index contributed by atoms with van der Waals surface area (Å²) in [6.07, 6.45) is 0. The first-order valence-electron chi connectivity index (χ1n) is 4.46. The fourth-order valence-electron chi connectivity index (χ4n) is 1.03. The zero-order chi connectivity index (χ0) is 13.1. The molecule has 0 aromatic heterocycles. The molecule has 0 fully saturated rings. The summed E-state index contributed by atoms with van der Waals surface area (Å²) in [7, 11) is -2.47. The lowest BCUT2D eigenvalue weighted by molar-refractivity contribution is -0.137. The second-order valence-electron chi connectivity index (χ2n) is 3.11. The average Bonchev–Trinajstić information content (AvgIpc) is 2.25. The molecule has 6 nitrogen and oxygen atoms in total. The maximum absolute atomic E-state index is 11.1. The quantitative estimate of drug-likeness (QED) is 0.461. The second-order valence-corrected chi connectivity index (χ2v) is 5.69. The number of anilines is 1. The van der Waals surface area contributed by atoms with Gasteiger partial charge in [-0.05, 0) is 18.2 Å². The fraction of sp³-hybridized carbons (Fsp3) is 0.222. The maximum atomic E-state index is 11.1. The zero-order valence-electron chi connectivity index (χ0n) is 9.04. The molecular weight excluding hydrogens is 264 g/mol. The van der Waals surface area contributed by atoms with Gasteiger partial charge in [0.25, 0.3) is 0 Å². The Balaban J connectivity index is 2.88. The minimum Gasteiger partial charge on any atom is -0.468 e. The third-order valence-corrected chi connectivity index (χ3v) is 3.86. The van der Waals surface area contributed by atoms with E-state index in [4.69, 9.17) is 10.9 Å². The summed E-state index contributed by atoms with van der Waals surface area (Å²) in [5.41, 5.74) is 5.91. The standard InChI is InChI=1S/C9H12N2O4S2/c1-15-9(12)5-16-8-3-2-6(4-7(8)10)17(11,13)14/h2-4H,5,10H2,1H3,(H2,11,13,14). The van der Waals surface area contributed by atoms with Crippen LogP contribution in [0.15, 0.2) is 28.0 Å². The monoisotopic (exact) mass is 276 g/mol. The van der Waals surface area contributed by atoms with E-state index in [9.17, 15) is 13.2 Å². The number of carbonyl (C=O) groups excluding carboxylic acids is 1. The zero-order valence-corrected chi connectivity index (χ0v) is 10.7. The van der Waals surface area contributed by atoms with E-state index in [0.29, 0.717) is 4.90 Å². The molecule has 0 aliphatic heterocycles. The van der Waals surface area contributed by atoms with Crippen LogP contribution in [0.25, 0.3) is 0 Å². The van der Waals surface area contributed by atoms with E-state index >= 15 is 0 Å². The van der Waals surface area contributed by atoms with Crippen molar-refractivity contribution in [3.63, 3.8) is 0 Å². The molecule has 0 unspecified atom stereocenters. The minimum absolute atomic E-state index is 0.0579. The number of thioether (sulfide) groups is 1. The number of methoxy groups -OCH3 is 1. The Bertz CT molecular complexity index is 528. The molecule has 0 aliphatic rings. The van der Waals surface area contributed by atoms with Crippen molar-refractivity contribution in [2.24, 2.45) is 5.14 Å². The molecule has 1 aromatic rings. The van der Waals surface area contributed by atoms with Gasteiger partial charge in [0.2, 0.25) is 10.0 Å². The number of rotatable bonds is 4. The van der Waals surface area contributed by atoms with E-state index in [1.165, 1.54) is 25.3 Å². The van der Waals surface area contributed by atoms with Gasteiger partial charge in [0.05, 0.1) is 17.8 Å². The van der Waals surface area contributed by atoms with Gasteiger partial charge in [0, 0.05) is 10.6 Å². The molecule has 0 amide bonds. The summed E-state index contributed by atoms with van der Waals surface area (Å²) in [5, 5.41) is 4.96. The lowest BCUT2D eigenvalue weighted by atomic mass is 10.3. The van der Waals surface area contributed by atoms with Crippen LogP contribution in [-0.4, -0.2) is 27.2 Å². The molecule has 0 bridgehead atoms. The van der Waals surface area contributed by atoms with Gasteiger partial charge in [0.1, 0.15) is 0 Å². The van der Waals surface area contributed by atoms with Crippen molar-refractivity contribution in [2.45, 2.75) is 9.79 Å². The highest BCUT2D eigenvalue weighted by atomic mass is 32.2. The predicted molar refractivity (Wildman–Crippen MR) is 65.0 cm³/mol. The molecule has 0 heterocycles. The predicted octanol–water partition coefficient (Wildman–Crippen LogP) is 0.181. The van der Waals surface area contributed by atoms with Crippen molar-refractivity contribution >= 4 is 33.4 Å². The first-order valence-corrected chi connectivity index (χ1v) is 6.99. The van der Waals surface area contributed by atoms with Crippen LogP contribution in [0.1, 0.15) is 0 Å². The molecule has 0 saturated heterocycles. The number of ether oxygens (including phenoxy) is 1. The first kappa shape index (κ1) is 13.8. The van der Waals surface area contributed by atoms with Crippen molar-refractivity contribution in [1.29, 1.82) is 0 Å². The van der Waals surface area contributed by atoms with Gasteiger partial charge >= 0.3 is 5.97 Å². The fourth-order valence-corrected chi connectivity index (χ4v) is 2.36. The summed E-state index contributed by atoms with van der Waals surface area (Å²) in [6.45, 7) is 0. The highest BCUT2D eigenvalue weighted by Gasteiger charge is 2.11. The molecular formula is C9H12N2O4S2. The highest BCUT2D eigenvalue weighted by Crippen LogP contribution is 2.27. The summed E-state index contributed by atoms with van der Waals surface area (Å²) in [5.74, 6) is -0.278. The van der Waals surface area contributed by atoms with Crippen LogP contribution >= 0.6 is 11.8 Å². The van der Waals surface area contributed by atoms with Crippen molar-refractivity contribution in [1.82, 2.24) is 0 Å². The van der Waals surface area contributed by atoms with Gasteiger partial charge in [-0.3, -0.25) is 4.79 Å². The number of carbonyl (C=O) groups is 1. The Labute approximate surface area is 103 Å². The number of sulfonamides is 1. The van der Waals surface area contributed by atoms with Gasteiger partial charge in [-0.15, -0.1) is 11.8 Å². The summed E-state index contributed by atoms with van der Waals surface area (Å²) in [6, 6.07) is 4.10. The Morgan fingerprint density at radius 2 is 2.12 bits per heavy atom. The molecule has 0 aliphatic carbocycles.